The number of aromatic nitrogens is 2. The molecule has 11 nitrogen and oxygen atoms in total. The first-order valence-electron chi connectivity index (χ1n) is 9.92. The lowest BCUT2D eigenvalue weighted by Crippen LogP contribution is -2.10. The minimum Gasteiger partial charge on any atom is -0.363 e. The summed E-state index contributed by atoms with van der Waals surface area (Å²) in [6, 6.07) is 15.6. The van der Waals surface area contributed by atoms with E-state index in [1.165, 1.54) is 6.33 Å². The first kappa shape index (κ1) is 22.7. The number of non-ortho nitro benzene ring substituents is 1. The van der Waals surface area contributed by atoms with E-state index in [0.717, 1.165) is 42.0 Å². The summed E-state index contributed by atoms with van der Waals surface area (Å²) in [4.78, 5) is 28.6. The van der Waals surface area contributed by atoms with Crippen molar-refractivity contribution in [3.8, 4) is 0 Å². The Balaban J connectivity index is 1.82. The normalized spacial score (nSPS) is 12.3. The van der Waals surface area contributed by atoms with Crippen LogP contribution in [0.3, 0.4) is 0 Å². The summed E-state index contributed by atoms with van der Waals surface area (Å²) < 4.78 is 26.4. The van der Waals surface area contributed by atoms with Crippen molar-refractivity contribution in [3.63, 3.8) is 0 Å². The fraction of sp³-hybridized carbons (Fsp3) is 0.0909. The number of benzene rings is 3. The summed E-state index contributed by atoms with van der Waals surface area (Å²) in [5.41, 5.74) is 0.184. The Kier molecular flexibility index (Phi) is 5.90. The van der Waals surface area contributed by atoms with Gasteiger partial charge in [0.25, 0.3) is 11.4 Å². The van der Waals surface area contributed by atoms with Gasteiger partial charge in [-0.3, -0.25) is 20.2 Å². The Morgan fingerprint density at radius 1 is 0.912 bits per heavy atom. The molecule has 0 aliphatic heterocycles. The summed E-state index contributed by atoms with van der Waals surface area (Å²) >= 11 is 0. The van der Waals surface area contributed by atoms with Crippen LogP contribution in [0.5, 0.6) is 0 Å². The first-order chi connectivity index (χ1) is 16.2. The molecule has 0 spiro atoms. The van der Waals surface area contributed by atoms with Crippen molar-refractivity contribution in [3.05, 3.63) is 98.8 Å². The smallest absolute Gasteiger partial charge is 0.289 e. The molecule has 1 aromatic heterocycles. The number of nitro benzene ring substituents is 2. The van der Waals surface area contributed by atoms with Gasteiger partial charge in [0.1, 0.15) is 12.1 Å². The van der Waals surface area contributed by atoms with Gasteiger partial charge in [0, 0.05) is 29.6 Å². The standard InChI is InChI=1S/C22H17N5O6S/c1-14(15-5-3-2-4-6-15)25-22-18-11-20(27(30)31)21(12-19(18)23-13-24-22)34(32,33)17-9-7-16(8-10-17)26(28)29/h2-14H,1H3,(H,23,24,25). The summed E-state index contributed by atoms with van der Waals surface area (Å²) in [5, 5.41) is 26.2. The second-order valence-corrected chi connectivity index (χ2v) is 9.27. The van der Waals surface area contributed by atoms with E-state index in [-0.39, 0.29) is 27.5 Å². The Bertz CT molecular complexity index is 1510. The zero-order valence-corrected chi connectivity index (χ0v) is 18.5. The van der Waals surface area contributed by atoms with Gasteiger partial charge in [-0.25, -0.2) is 18.4 Å². The second kappa shape index (κ2) is 8.83. The fourth-order valence-electron chi connectivity index (χ4n) is 3.45. The molecule has 0 bridgehead atoms. The van der Waals surface area contributed by atoms with Crippen molar-refractivity contribution in [2.75, 3.05) is 5.32 Å². The summed E-state index contributed by atoms with van der Waals surface area (Å²) in [5.74, 6) is 0.309. The van der Waals surface area contributed by atoms with Crippen LogP contribution in [-0.4, -0.2) is 28.2 Å². The Morgan fingerprint density at radius 3 is 2.21 bits per heavy atom. The maximum atomic E-state index is 13.2. The van der Waals surface area contributed by atoms with E-state index < -0.39 is 30.3 Å². The molecule has 0 aliphatic carbocycles. The highest BCUT2D eigenvalue weighted by Gasteiger charge is 2.30. The summed E-state index contributed by atoms with van der Waals surface area (Å²) in [7, 11) is -4.37. The monoisotopic (exact) mass is 479 g/mol. The summed E-state index contributed by atoms with van der Waals surface area (Å²) in [6.07, 6.45) is 1.23. The van der Waals surface area contributed by atoms with Gasteiger partial charge in [-0.05, 0) is 30.7 Å². The molecule has 0 saturated heterocycles. The number of rotatable bonds is 7. The molecule has 12 heteroatoms. The van der Waals surface area contributed by atoms with Crippen molar-refractivity contribution in [1.29, 1.82) is 0 Å². The Morgan fingerprint density at radius 2 is 1.59 bits per heavy atom. The van der Waals surface area contributed by atoms with Gasteiger partial charge in [0.05, 0.1) is 20.3 Å². The Hall–Kier alpha value is -4.45. The topological polar surface area (TPSA) is 158 Å². The van der Waals surface area contributed by atoms with Crippen LogP contribution in [0.1, 0.15) is 18.5 Å². The highest BCUT2D eigenvalue weighted by Crippen LogP contribution is 2.35. The molecule has 4 aromatic rings. The predicted octanol–water partition coefficient (Wildman–Crippen LogP) is 4.45. The van der Waals surface area contributed by atoms with E-state index in [2.05, 4.69) is 15.3 Å². The molecule has 4 rings (SSSR count). The molecular formula is C22H17N5O6S. The van der Waals surface area contributed by atoms with Gasteiger partial charge in [-0.2, -0.15) is 0 Å². The number of anilines is 1. The zero-order chi connectivity index (χ0) is 24.5. The number of nitro groups is 2. The zero-order valence-electron chi connectivity index (χ0n) is 17.7. The van der Waals surface area contributed by atoms with E-state index in [4.69, 9.17) is 0 Å². The van der Waals surface area contributed by atoms with Gasteiger partial charge < -0.3 is 5.32 Å². The fourth-order valence-corrected chi connectivity index (χ4v) is 4.87. The van der Waals surface area contributed by atoms with Crippen molar-refractivity contribution in [2.45, 2.75) is 22.8 Å². The first-order valence-corrected chi connectivity index (χ1v) is 11.4. The predicted molar refractivity (Wildman–Crippen MR) is 123 cm³/mol. The second-order valence-electron chi connectivity index (χ2n) is 7.35. The van der Waals surface area contributed by atoms with Crippen LogP contribution < -0.4 is 5.32 Å². The van der Waals surface area contributed by atoms with Gasteiger partial charge in [-0.1, -0.05) is 30.3 Å². The van der Waals surface area contributed by atoms with Gasteiger partial charge in [0.2, 0.25) is 9.84 Å². The number of sulfone groups is 1. The van der Waals surface area contributed by atoms with Crippen LogP contribution in [0, 0.1) is 20.2 Å². The van der Waals surface area contributed by atoms with E-state index in [0.29, 0.717) is 5.82 Å². The summed E-state index contributed by atoms with van der Waals surface area (Å²) in [6.45, 7) is 1.89. The molecule has 1 N–H and O–H groups in total. The van der Waals surface area contributed by atoms with Crippen LogP contribution in [0.2, 0.25) is 0 Å². The minimum atomic E-state index is -4.37. The van der Waals surface area contributed by atoms with E-state index in [1.54, 1.807) is 0 Å². The number of nitrogens with one attached hydrogen (secondary N) is 1. The van der Waals surface area contributed by atoms with Crippen molar-refractivity contribution in [2.24, 2.45) is 0 Å². The van der Waals surface area contributed by atoms with Crippen LogP contribution in [0.15, 0.2) is 82.8 Å². The SMILES string of the molecule is CC(Nc1ncnc2cc(S(=O)(=O)c3ccc([N+](=O)[O-])cc3)c([N+](=O)[O-])cc12)c1ccccc1. The third kappa shape index (κ3) is 4.26. The minimum absolute atomic E-state index is 0.184. The highest BCUT2D eigenvalue weighted by atomic mass is 32.2. The quantitative estimate of drug-likeness (QED) is 0.298. The van der Waals surface area contributed by atoms with E-state index >= 15 is 0 Å². The van der Waals surface area contributed by atoms with Gasteiger partial charge in [-0.15, -0.1) is 0 Å². The maximum Gasteiger partial charge on any atom is 0.289 e. The molecule has 1 atom stereocenters. The van der Waals surface area contributed by atoms with Crippen molar-refractivity contribution in [1.82, 2.24) is 9.97 Å². The number of fused-ring (bicyclic) bond motifs is 1. The molecule has 0 aliphatic rings. The average Bonchev–Trinajstić information content (AvgIpc) is 2.84. The van der Waals surface area contributed by atoms with Crippen molar-refractivity contribution >= 4 is 37.9 Å². The third-order valence-corrected chi connectivity index (χ3v) is 7.01. The largest absolute Gasteiger partial charge is 0.363 e. The maximum absolute atomic E-state index is 13.2. The third-order valence-electron chi connectivity index (χ3n) is 5.21. The molecule has 0 radical (unpaired) electrons. The molecule has 1 heterocycles. The van der Waals surface area contributed by atoms with E-state index in [1.807, 2.05) is 37.3 Å². The number of hydrogen-bond acceptors (Lipinski definition) is 9. The highest BCUT2D eigenvalue weighted by molar-refractivity contribution is 7.91. The molecule has 1 unspecified atom stereocenters. The number of hydrogen-bond donors (Lipinski definition) is 1. The van der Waals surface area contributed by atoms with E-state index in [9.17, 15) is 28.6 Å². The lowest BCUT2D eigenvalue weighted by molar-refractivity contribution is -0.387. The molecule has 172 valence electrons. The van der Waals surface area contributed by atoms with Crippen LogP contribution in [0.25, 0.3) is 10.9 Å². The Labute approximate surface area is 193 Å². The van der Waals surface area contributed by atoms with Crippen LogP contribution in [0.4, 0.5) is 17.2 Å². The van der Waals surface area contributed by atoms with Gasteiger partial charge >= 0.3 is 0 Å². The lowest BCUT2D eigenvalue weighted by atomic mass is 10.1. The molecule has 34 heavy (non-hydrogen) atoms. The average molecular weight is 479 g/mol. The molecule has 0 saturated carbocycles. The van der Waals surface area contributed by atoms with Gasteiger partial charge in [0.15, 0.2) is 4.90 Å². The molecule has 3 aromatic carbocycles. The number of nitrogens with zero attached hydrogens (tertiary/aromatic N) is 4. The van der Waals surface area contributed by atoms with Crippen molar-refractivity contribution < 1.29 is 18.3 Å². The lowest BCUT2D eigenvalue weighted by Gasteiger charge is -2.16. The molecule has 0 amide bonds. The molecule has 0 fully saturated rings. The molecular weight excluding hydrogens is 462 g/mol. The van der Waals surface area contributed by atoms with Crippen LogP contribution >= 0.6 is 0 Å². The van der Waals surface area contributed by atoms with Crippen LogP contribution in [-0.2, 0) is 9.84 Å².